The number of aryl methyl sites for hydroxylation is 2. The van der Waals surface area contributed by atoms with Crippen molar-refractivity contribution in [2.75, 3.05) is 10.6 Å². The van der Waals surface area contributed by atoms with Crippen molar-refractivity contribution in [1.29, 1.82) is 0 Å². The van der Waals surface area contributed by atoms with Crippen molar-refractivity contribution >= 4 is 86.2 Å². The highest BCUT2D eigenvalue weighted by molar-refractivity contribution is 9.11. The number of nitrogens with one attached hydrogen (secondary N) is 4. The van der Waals surface area contributed by atoms with Gasteiger partial charge < -0.3 is 32.1 Å². The van der Waals surface area contributed by atoms with Crippen molar-refractivity contribution in [2.24, 2.45) is 25.6 Å². The normalized spacial score (nSPS) is 10.3. The number of H-pyrrole nitrogens is 2. The lowest BCUT2D eigenvalue weighted by molar-refractivity contribution is 0.0985. The third kappa shape index (κ3) is 9.26. The first kappa shape index (κ1) is 35.3. The van der Waals surface area contributed by atoms with Gasteiger partial charge in [-0.05, 0) is 15.9 Å². The van der Waals surface area contributed by atoms with Crippen molar-refractivity contribution in [3.8, 4) is 10.6 Å². The molecule has 20 nitrogen and oxygen atoms in total. The van der Waals surface area contributed by atoms with E-state index in [1.165, 1.54) is 56.8 Å². The molecule has 6 rings (SSSR count). The van der Waals surface area contributed by atoms with Crippen molar-refractivity contribution in [1.82, 2.24) is 49.9 Å². The highest BCUT2D eigenvalue weighted by atomic mass is 79.9. The maximum atomic E-state index is 12.2. The Morgan fingerprint density at radius 3 is 1.77 bits per heavy atom. The number of hydrogen-bond donors (Lipinski definition) is 8. The van der Waals surface area contributed by atoms with Gasteiger partial charge in [0.1, 0.15) is 16.4 Å². The highest BCUT2D eigenvalue weighted by Gasteiger charge is 2.19. The number of aromatic nitrogens is 10. The van der Waals surface area contributed by atoms with E-state index in [1.807, 2.05) is 0 Å². The van der Waals surface area contributed by atoms with Crippen LogP contribution >= 0.6 is 38.6 Å². The first-order chi connectivity index (χ1) is 22.8. The number of anilines is 2. The summed E-state index contributed by atoms with van der Waals surface area (Å²) in [5.41, 5.74) is 12.6. The number of rotatable bonds is 8. The Hall–Kier alpha value is -5.56. The van der Waals surface area contributed by atoms with E-state index < -0.39 is 30.7 Å². The maximum absolute atomic E-state index is 12.2. The second-order valence-electron chi connectivity index (χ2n) is 9.18. The molecule has 0 saturated carbocycles. The fourth-order valence-electron chi connectivity index (χ4n) is 3.53. The summed E-state index contributed by atoms with van der Waals surface area (Å²) in [6.07, 6.45) is 9.08. The van der Waals surface area contributed by atoms with Crippen molar-refractivity contribution < 1.29 is 29.2 Å². The number of carbonyl (C=O) groups excluding carboxylic acids is 4. The Morgan fingerprint density at radius 2 is 1.35 bits per heavy atom. The first-order valence-corrected chi connectivity index (χ1v) is 15.6. The standard InChI is InChI=1S/C12H11N7O2S.C9H8BrN5O2S.C3H5BN2O2/c1-19-4-7(9(18-19)10(13)20)16-11(21)8-5-22-12(17-8)6-2-14-15-3-6;1-15-2-4(6(14-15)7(11)16)12-8(17)5-3-18-9(10)13-5;7-4(8)3-1-5-6-2-3/h2-5H,1H3,(H2,13,20)(H,14,15)(H,16,21);2-3H,1H3,(H2,11,16)(H,12,17);1-2,7-8H,(H,5,6). The molecule has 0 radical (unpaired) electrons. The fraction of sp³-hybridized carbons (Fsp3) is 0.0833. The number of aromatic amines is 2. The fourth-order valence-corrected chi connectivity index (χ4v) is 5.31. The van der Waals surface area contributed by atoms with E-state index in [-0.39, 0.29) is 34.2 Å². The van der Waals surface area contributed by atoms with Gasteiger partial charge in [-0.1, -0.05) is 0 Å². The highest BCUT2D eigenvalue weighted by Crippen LogP contribution is 2.23. The molecule has 0 unspecified atom stereocenters. The molecule has 0 bridgehead atoms. The van der Waals surface area contributed by atoms with Crippen LogP contribution in [-0.4, -0.2) is 90.7 Å². The molecule has 0 aromatic carbocycles. The number of nitrogens with zero attached hydrogens (tertiary/aromatic N) is 8. The predicted molar refractivity (Wildman–Crippen MR) is 177 cm³/mol. The molecule has 6 aromatic heterocycles. The summed E-state index contributed by atoms with van der Waals surface area (Å²) >= 11 is 5.77. The number of amides is 4. The second kappa shape index (κ2) is 15.8. The summed E-state index contributed by atoms with van der Waals surface area (Å²) in [4.78, 5) is 54.7. The molecule has 0 fully saturated rings. The van der Waals surface area contributed by atoms with Crippen LogP contribution in [0.4, 0.5) is 11.4 Å². The Morgan fingerprint density at radius 1 is 0.833 bits per heavy atom. The largest absolute Gasteiger partial charge is 0.491 e. The van der Waals surface area contributed by atoms with Crippen molar-refractivity contribution in [3.63, 3.8) is 0 Å². The Labute approximate surface area is 285 Å². The van der Waals surface area contributed by atoms with Crippen LogP contribution in [0.25, 0.3) is 10.6 Å². The van der Waals surface area contributed by atoms with Crippen LogP contribution < -0.4 is 27.6 Å². The van der Waals surface area contributed by atoms with Gasteiger partial charge >= 0.3 is 7.12 Å². The van der Waals surface area contributed by atoms with Crippen molar-refractivity contribution in [3.05, 3.63) is 74.6 Å². The summed E-state index contributed by atoms with van der Waals surface area (Å²) < 4.78 is 3.40. The number of primary amides is 2. The number of nitrogens with two attached hydrogens (primary N) is 2. The van der Waals surface area contributed by atoms with Crippen LogP contribution in [-0.2, 0) is 14.1 Å². The molecule has 0 saturated heterocycles. The van der Waals surface area contributed by atoms with Crippen LogP contribution in [0, 0.1) is 0 Å². The van der Waals surface area contributed by atoms with Crippen molar-refractivity contribution in [2.45, 2.75) is 0 Å². The van der Waals surface area contributed by atoms with E-state index in [2.05, 4.69) is 67.1 Å². The average Bonchev–Trinajstić information content (AvgIpc) is 3.85. The third-order valence-electron chi connectivity index (χ3n) is 5.63. The Bertz CT molecular complexity index is 2020. The topological polar surface area (TPSA) is 304 Å². The van der Waals surface area contributed by atoms with E-state index in [9.17, 15) is 19.2 Å². The zero-order valence-corrected chi connectivity index (χ0v) is 27.9. The second-order valence-corrected chi connectivity index (χ2v) is 12.2. The summed E-state index contributed by atoms with van der Waals surface area (Å²) in [6, 6.07) is 0. The predicted octanol–water partition coefficient (Wildman–Crippen LogP) is -0.302. The molecule has 0 atom stereocenters. The number of carbonyl (C=O) groups is 4. The average molecular weight is 759 g/mol. The molecular weight excluding hydrogens is 735 g/mol. The molecule has 6 aromatic rings. The molecule has 0 aliphatic carbocycles. The number of thiazole rings is 2. The summed E-state index contributed by atoms with van der Waals surface area (Å²) in [6.45, 7) is 0. The molecule has 48 heavy (non-hydrogen) atoms. The smallest absolute Gasteiger partial charge is 0.423 e. The molecule has 6 heterocycles. The van der Waals surface area contributed by atoms with Crippen LogP contribution in [0.1, 0.15) is 42.0 Å². The molecule has 0 aliphatic rings. The van der Waals surface area contributed by atoms with Gasteiger partial charge in [-0.3, -0.25) is 38.7 Å². The molecule has 248 valence electrons. The maximum Gasteiger partial charge on any atom is 0.491 e. The Kier molecular flexibility index (Phi) is 11.6. The first-order valence-electron chi connectivity index (χ1n) is 13.0. The van der Waals surface area contributed by atoms with Gasteiger partial charge in [-0.2, -0.15) is 20.4 Å². The van der Waals surface area contributed by atoms with Crippen LogP contribution in [0.15, 0.2) is 51.9 Å². The Balaban J connectivity index is 0.000000179. The molecular formula is C24H24BBrN14O6S2. The summed E-state index contributed by atoms with van der Waals surface area (Å²) in [5, 5.41) is 46.0. The molecule has 24 heteroatoms. The van der Waals surface area contributed by atoms with Crippen LogP contribution in [0.5, 0.6) is 0 Å². The quantitative estimate of drug-likeness (QED) is 0.0928. The minimum atomic E-state index is -1.41. The van der Waals surface area contributed by atoms with E-state index in [1.54, 1.807) is 37.2 Å². The monoisotopic (exact) mass is 758 g/mol. The van der Waals surface area contributed by atoms with Crippen LogP contribution in [0.3, 0.4) is 0 Å². The van der Waals surface area contributed by atoms with Crippen LogP contribution in [0.2, 0.25) is 0 Å². The van der Waals surface area contributed by atoms with Gasteiger partial charge in [0.2, 0.25) is 0 Å². The lowest BCUT2D eigenvalue weighted by Gasteiger charge is -2.00. The molecule has 0 spiro atoms. The van der Waals surface area contributed by atoms with E-state index in [4.69, 9.17) is 21.5 Å². The number of hydrogen-bond acceptors (Lipinski definition) is 14. The van der Waals surface area contributed by atoms with Gasteiger partial charge in [0.25, 0.3) is 23.6 Å². The van der Waals surface area contributed by atoms with E-state index in [0.717, 1.165) is 5.56 Å². The summed E-state index contributed by atoms with van der Waals surface area (Å²) in [5.74, 6) is -2.28. The van der Waals surface area contributed by atoms with Gasteiger partial charge in [-0.15, -0.1) is 22.7 Å². The molecule has 4 amide bonds. The van der Waals surface area contributed by atoms with Gasteiger partial charge in [0.05, 0.1) is 17.6 Å². The van der Waals surface area contributed by atoms with Gasteiger partial charge in [0.15, 0.2) is 15.3 Å². The van der Waals surface area contributed by atoms with E-state index in [0.29, 0.717) is 14.4 Å². The lowest BCUT2D eigenvalue weighted by atomic mass is 9.83. The zero-order valence-electron chi connectivity index (χ0n) is 24.7. The minimum absolute atomic E-state index is 0.00105. The summed E-state index contributed by atoms with van der Waals surface area (Å²) in [7, 11) is 1.84. The van der Waals surface area contributed by atoms with Gasteiger partial charge in [-0.25, -0.2) is 9.97 Å². The third-order valence-corrected chi connectivity index (χ3v) is 7.89. The zero-order chi connectivity index (χ0) is 35.0. The van der Waals surface area contributed by atoms with E-state index >= 15 is 0 Å². The molecule has 0 aliphatic heterocycles. The SMILES string of the molecule is Cn1cc(NC(=O)c2csc(-c3cn[nH]c3)n2)c(C(N)=O)n1.Cn1cc(NC(=O)c2csc(Br)n2)c(C(N)=O)n1.OB(O)c1cn[nH]c1. The lowest BCUT2D eigenvalue weighted by Crippen LogP contribution is -2.28. The molecule has 10 N–H and O–H groups in total. The van der Waals surface area contributed by atoms with Gasteiger partial charge in [0, 0.05) is 66.9 Å². The minimum Gasteiger partial charge on any atom is -0.423 e. The number of halogens is 1.